The molecule has 1 saturated heterocycles. The average molecular weight is 214 g/mol. The maximum Gasteiger partial charge on any atom is 0.410 e. The molecule has 1 heterocycles. The summed E-state index contributed by atoms with van der Waals surface area (Å²) in [4.78, 5) is 13.4. The Morgan fingerprint density at radius 1 is 1.33 bits per heavy atom. The average Bonchev–Trinajstić information content (AvgIpc) is 2.66. The zero-order valence-electron chi connectivity index (χ0n) is 8.85. The highest BCUT2D eigenvalue weighted by Crippen LogP contribution is 2.21. The van der Waals surface area contributed by atoms with E-state index in [-0.39, 0.29) is 18.2 Å². The number of hydrogen-bond acceptors (Lipinski definition) is 4. The fourth-order valence-corrected chi connectivity index (χ4v) is 2.05. The summed E-state index contributed by atoms with van der Waals surface area (Å²) in [5.74, 6) is 0. The molecule has 2 rings (SSSR count). The minimum Gasteiger partial charge on any atom is -0.444 e. The van der Waals surface area contributed by atoms with E-state index in [1.807, 2.05) is 0 Å². The van der Waals surface area contributed by atoms with Gasteiger partial charge in [0.15, 0.2) is 0 Å². The van der Waals surface area contributed by atoms with E-state index in [1.54, 1.807) is 4.90 Å². The van der Waals surface area contributed by atoms with Gasteiger partial charge in [0.25, 0.3) is 0 Å². The van der Waals surface area contributed by atoms with Crippen molar-refractivity contribution in [3.63, 3.8) is 0 Å². The SMILES string of the molecule is N[C@@H]1CCC[C@H]1OC(=O)N1CCOCC1. The monoisotopic (exact) mass is 214 g/mol. The smallest absolute Gasteiger partial charge is 0.410 e. The number of morpholine rings is 1. The van der Waals surface area contributed by atoms with Gasteiger partial charge in [0.2, 0.25) is 0 Å². The number of carbonyl (C=O) groups is 1. The van der Waals surface area contributed by atoms with Gasteiger partial charge in [-0.3, -0.25) is 0 Å². The van der Waals surface area contributed by atoms with Gasteiger partial charge in [-0.15, -0.1) is 0 Å². The maximum absolute atomic E-state index is 11.7. The molecule has 2 atom stereocenters. The van der Waals surface area contributed by atoms with Crippen molar-refractivity contribution < 1.29 is 14.3 Å². The predicted molar refractivity (Wildman–Crippen MR) is 54.5 cm³/mol. The van der Waals surface area contributed by atoms with E-state index in [9.17, 15) is 4.79 Å². The summed E-state index contributed by atoms with van der Waals surface area (Å²) in [6.45, 7) is 2.46. The molecule has 2 aliphatic rings. The van der Waals surface area contributed by atoms with Crippen LogP contribution in [0.2, 0.25) is 0 Å². The Morgan fingerprint density at radius 2 is 2.07 bits per heavy atom. The van der Waals surface area contributed by atoms with E-state index >= 15 is 0 Å². The Labute approximate surface area is 89.5 Å². The Balaban J connectivity index is 1.80. The molecule has 0 aromatic carbocycles. The van der Waals surface area contributed by atoms with Gasteiger partial charge in [-0.05, 0) is 19.3 Å². The molecular formula is C10H18N2O3. The molecule has 2 fully saturated rings. The van der Waals surface area contributed by atoms with Crippen LogP contribution in [0, 0.1) is 0 Å². The van der Waals surface area contributed by atoms with Crippen LogP contribution in [-0.4, -0.2) is 49.4 Å². The number of hydrogen-bond donors (Lipinski definition) is 1. The number of carbonyl (C=O) groups excluding carboxylic acids is 1. The molecular weight excluding hydrogens is 196 g/mol. The number of nitrogens with zero attached hydrogens (tertiary/aromatic N) is 1. The third kappa shape index (κ3) is 2.60. The summed E-state index contributed by atoms with van der Waals surface area (Å²) >= 11 is 0. The molecule has 15 heavy (non-hydrogen) atoms. The lowest BCUT2D eigenvalue weighted by atomic mass is 10.2. The highest BCUT2D eigenvalue weighted by Gasteiger charge is 2.29. The van der Waals surface area contributed by atoms with Crippen LogP contribution in [0.25, 0.3) is 0 Å². The second-order valence-corrected chi connectivity index (χ2v) is 4.12. The van der Waals surface area contributed by atoms with Gasteiger partial charge in [0.1, 0.15) is 6.10 Å². The molecule has 0 aromatic heterocycles. The minimum absolute atomic E-state index is 0.0231. The van der Waals surface area contributed by atoms with Crippen LogP contribution in [0.15, 0.2) is 0 Å². The molecule has 1 saturated carbocycles. The Bertz CT molecular complexity index is 229. The van der Waals surface area contributed by atoms with Crippen LogP contribution in [0.1, 0.15) is 19.3 Å². The minimum atomic E-state index is -0.236. The van der Waals surface area contributed by atoms with Gasteiger partial charge in [-0.2, -0.15) is 0 Å². The molecule has 1 aliphatic carbocycles. The van der Waals surface area contributed by atoms with Crippen molar-refractivity contribution in [1.82, 2.24) is 4.90 Å². The summed E-state index contributed by atoms with van der Waals surface area (Å²) in [5.41, 5.74) is 5.84. The largest absolute Gasteiger partial charge is 0.444 e. The topological polar surface area (TPSA) is 64.8 Å². The molecule has 0 radical (unpaired) electrons. The maximum atomic E-state index is 11.7. The van der Waals surface area contributed by atoms with Crippen molar-refractivity contribution in [1.29, 1.82) is 0 Å². The van der Waals surface area contributed by atoms with Gasteiger partial charge in [-0.25, -0.2) is 4.79 Å². The lowest BCUT2D eigenvalue weighted by Crippen LogP contribution is -2.44. The fraction of sp³-hybridized carbons (Fsp3) is 0.900. The molecule has 0 aromatic rings. The molecule has 1 aliphatic heterocycles. The number of nitrogens with two attached hydrogens (primary N) is 1. The van der Waals surface area contributed by atoms with Crippen LogP contribution < -0.4 is 5.73 Å². The van der Waals surface area contributed by atoms with E-state index < -0.39 is 0 Å². The second kappa shape index (κ2) is 4.81. The fourth-order valence-electron chi connectivity index (χ4n) is 2.05. The molecule has 1 amide bonds. The number of rotatable bonds is 1. The lowest BCUT2D eigenvalue weighted by Gasteiger charge is -2.28. The van der Waals surface area contributed by atoms with E-state index in [2.05, 4.69) is 0 Å². The molecule has 5 nitrogen and oxygen atoms in total. The van der Waals surface area contributed by atoms with Gasteiger partial charge < -0.3 is 20.1 Å². The van der Waals surface area contributed by atoms with Gasteiger partial charge in [0, 0.05) is 19.1 Å². The Hall–Kier alpha value is -0.810. The normalized spacial score (nSPS) is 31.7. The van der Waals surface area contributed by atoms with E-state index in [0.29, 0.717) is 26.3 Å². The quantitative estimate of drug-likeness (QED) is 0.683. The van der Waals surface area contributed by atoms with Gasteiger partial charge >= 0.3 is 6.09 Å². The number of ether oxygens (including phenoxy) is 2. The highest BCUT2D eigenvalue weighted by molar-refractivity contribution is 5.68. The van der Waals surface area contributed by atoms with Crippen molar-refractivity contribution in [3.05, 3.63) is 0 Å². The summed E-state index contributed by atoms with van der Waals surface area (Å²) in [6.07, 6.45) is 2.60. The first-order chi connectivity index (χ1) is 7.27. The molecule has 0 unspecified atom stereocenters. The van der Waals surface area contributed by atoms with Gasteiger partial charge in [-0.1, -0.05) is 0 Å². The summed E-state index contributed by atoms with van der Waals surface area (Å²) in [6, 6.07) is 0.0231. The van der Waals surface area contributed by atoms with Crippen LogP contribution in [0.5, 0.6) is 0 Å². The first kappa shape index (κ1) is 10.7. The molecule has 5 heteroatoms. The predicted octanol–water partition coefficient (Wildman–Crippen LogP) is 0.335. The summed E-state index contributed by atoms with van der Waals surface area (Å²) < 4.78 is 10.5. The van der Waals surface area contributed by atoms with Crippen molar-refractivity contribution in [2.75, 3.05) is 26.3 Å². The number of amides is 1. The van der Waals surface area contributed by atoms with Gasteiger partial charge in [0.05, 0.1) is 13.2 Å². The van der Waals surface area contributed by atoms with E-state index in [4.69, 9.17) is 15.2 Å². The Morgan fingerprint density at radius 3 is 2.67 bits per heavy atom. The van der Waals surface area contributed by atoms with Crippen molar-refractivity contribution in [2.45, 2.75) is 31.4 Å². The standard InChI is InChI=1S/C10H18N2O3/c11-8-2-1-3-9(8)15-10(13)12-4-6-14-7-5-12/h8-9H,1-7,11H2/t8-,9-/m1/s1. The lowest BCUT2D eigenvalue weighted by molar-refractivity contribution is 0.0112. The first-order valence-electron chi connectivity index (χ1n) is 5.56. The molecule has 0 bridgehead atoms. The third-order valence-electron chi connectivity index (χ3n) is 3.03. The van der Waals surface area contributed by atoms with Crippen molar-refractivity contribution in [2.24, 2.45) is 5.73 Å². The Kier molecular flexibility index (Phi) is 3.43. The molecule has 0 spiro atoms. The van der Waals surface area contributed by atoms with Crippen LogP contribution in [0.4, 0.5) is 4.79 Å². The van der Waals surface area contributed by atoms with Crippen LogP contribution in [0.3, 0.4) is 0 Å². The van der Waals surface area contributed by atoms with E-state index in [1.165, 1.54) is 0 Å². The zero-order valence-corrected chi connectivity index (χ0v) is 8.85. The third-order valence-corrected chi connectivity index (χ3v) is 3.03. The zero-order chi connectivity index (χ0) is 10.7. The first-order valence-corrected chi connectivity index (χ1v) is 5.56. The van der Waals surface area contributed by atoms with Crippen LogP contribution in [-0.2, 0) is 9.47 Å². The second-order valence-electron chi connectivity index (χ2n) is 4.12. The highest BCUT2D eigenvalue weighted by atomic mass is 16.6. The summed E-state index contributed by atoms with van der Waals surface area (Å²) in [7, 11) is 0. The van der Waals surface area contributed by atoms with Crippen LogP contribution >= 0.6 is 0 Å². The molecule has 2 N–H and O–H groups in total. The molecule has 86 valence electrons. The summed E-state index contributed by atoms with van der Waals surface area (Å²) in [5, 5.41) is 0. The van der Waals surface area contributed by atoms with Crippen molar-refractivity contribution >= 4 is 6.09 Å². The van der Waals surface area contributed by atoms with Crippen molar-refractivity contribution in [3.8, 4) is 0 Å². The van der Waals surface area contributed by atoms with E-state index in [0.717, 1.165) is 19.3 Å².